The van der Waals surface area contributed by atoms with Gasteiger partial charge in [0.1, 0.15) is 0 Å². The number of aliphatic hydroxyl groups excluding tert-OH is 1. The van der Waals surface area contributed by atoms with Crippen LogP contribution in [0.15, 0.2) is 12.1 Å². The maximum absolute atomic E-state index is 11.1. The Morgan fingerprint density at radius 3 is 2.71 bits per heavy atom. The lowest BCUT2D eigenvalue weighted by Gasteiger charge is -2.24. The molecule has 78 valence electrons. The molecule has 5 heteroatoms. The molecule has 0 bridgehead atoms. The van der Waals surface area contributed by atoms with Crippen LogP contribution in [-0.2, 0) is 4.79 Å². The Morgan fingerprint density at radius 2 is 2.36 bits per heavy atom. The zero-order chi connectivity index (χ0) is 10.7. The average molecular weight is 234 g/mol. The first kappa shape index (κ1) is 11.5. The highest BCUT2D eigenvalue weighted by atomic mass is 35.5. The van der Waals surface area contributed by atoms with Gasteiger partial charge in [0, 0.05) is 18.8 Å². The number of hydrogen-bond donors (Lipinski definition) is 1. The minimum Gasteiger partial charge on any atom is -0.394 e. The molecule has 0 saturated heterocycles. The number of rotatable bonds is 3. The lowest BCUT2D eigenvalue weighted by molar-refractivity contribution is -0.130. The van der Waals surface area contributed by atoms with Crippen LogP contribution in [0.4, 0.5) is 0 Å². The summed E-state index contributed by atoms with van der Waals surface area (Å²) in [6.45, 7) is 1.38. The monoisotopic (exact) mass is 233 g/mol. The van der Waals surface area contributed by atoms with E-state index < -0.39 is 0 Å². The van der Waals surface area contributed by atoms with Gasteiger partial charge in [0.15, 0.2) is 0 Å². The maximum atomic E-state index is 11.1. The second-order valence-electron chi connectivity index (χ2n) is 2.97. The van der Waals surface area contributed by atoms with E-state index in [1.807, 2.05) is 6.07 Å². The Kier molecular flexibility index (Phi) is 3.92. The van der Waals surface area contributed by atoms with Gasteiger partial charge in [-0.2, -0.15) is 0 Å². The van der Waals surface area contributed by atoms with E-state index in [4.69, 9.17) is 11.6 Å². The van der Waals surface area contributed by atoms with Crippen molar-refractivity contribution in [1.29, 1.82) is 0 Å². The Labute approximate surface area is 91.9 Å². The molecule has 14 heavy (non-hydrogen) atoms. The summed E-state index contributed by atoms with van der Waals surface area (Å²) in [4.78, 5) is 13.5. The van der Waals surface area contributed by atoms with Crippen LogP contribution in [0, 0.1) is 0 Å². The number of likely N-dealkylation sites (N-methyl/N-ethyl adjacent to an activating group) is 1. The standard InChI is InChI=1S/C9H12ClNO2S/c1-6(13)11(2)7(5-12)8-3-4-9(10)14-8/h3-4,7,12H,5H2,1-2H3. The topological polar surface area (TPSA) is 40.5 Å². The Morgan fingerprint density at radius 1 is 1.71 bits per heavy atom. The first-order valence-electron chi connectivity index (χ1n) is 4.15. The van der Waals surface area contributed by atoms with Crippen LogP contribution < -0.4 is 0 Å². The van der Waals surface area contributed by atoms with Crippen molar-refractivity contribution >= 4 is 28.8 Å². The van der Waals surface area contributed by atoms with Gasteiger partial charge in [0.25, 0.3) is 0 Å². The third-order valence-electron chi connectivity index (χ3n) is 2.06. The molecule has 0 aliphatic carbocycles. The van der Waals surface area contributed by atoms with Gasteiger partial charge >= 0.3 is 0 Å². The summed E-state index contributed by atoms with van der Waals surface area (Å²) < 4.78 is 0.662. The van der Waals surface area contributed by atoms with Gasteiger partial charge in [-0.3, -0.25) is 4.79 Å². The molecule has 1 aromatic rings. The molecule has 0 saturated carbocycles. The number of amides is 1. The van der Waals surface area contributed by atoms with Crippen molar-refractivity contribution in [3.63, 3.8) is 0 Å². The molecule has 1 N–H and O–H groups in total. The van der Waals surface area contributed by atoms with Crippen LogP contribution in [0.5, 0.6) is 0 Å². The third kappa shape index (κ3) is 2.47. The van der Waals surface area contributed by atoms with Crippen LogP contribution in [0.1, 0.15) is 17.8 Å². The van der Waals surface area contributed by atoms with E-state index in [0.717, 1.165) is 4.88 Å². The fourth-order valence-electron chi connectivity index (χ4n) is 1.13. The predicted octanol–water partition coefficient (Wildman–Crippen LogP) is 1.91. The summed E-state index contributed by atoms with van der Waals surface area (Å²) in [5.74, 6) is -0.0754. The SMILES string of the molecule is CC(=O)N(C)C(CO)c1ccc(Cl)s1. The van der Waals surface area contributed by atoms with Crippen molar-refractivity contribution in [2.45, 2.75) is 13.0 Å². The summed E-state index contributed by atoms with van der Waals surface area (Å²) in [6.07, 6.45) is 0. The first-order chi connectivity index (χ1) is 6.56. The largest absolute Gasteiger partial charge is 0.394 e. The van der Waals surface area contributed by atoms with Crippen LogP contribution in [0.2, 0.25) is 4.34 Å². The van der Waals surface area contributed by atoms with Crippen LogP contribution in [0.25, 0.3) is 0 Å². The Balaban J connectivity index is 2.86. The van der Waals surface area contributed by atoms with Gasteiger partial charge in [0.2, 0.25) is 5.91 Å². The highest BCUT2D eigenvalue weighted by molar-refractivity contribution is 7.16. The lowest BCUT2D eigenvalue weighted by Crippen LogP contribution is -2.30. The molecule has 0 radical (unpaired) electrons. The normalized spacial score (nSPS) is 12.6. The highest BCUT2D eigenvalue weighted by Crippen LogP contribution is 2.29. The Hall–Kier alpha value is -0.580. The quantitative estimate of drug-likeness (QED) is 0.867. The van der Waals surface area contributed by atoms with E-state index in [0.29, 0.717) is 4.34 Å². The molecule has 3 nitrogen and oxygen atoms in total. The van der Waals surface area contributed by atoms with Gasteiger partial charge in [-0.15, -0.1) is 11.3 Å². The molecule has 0 aliphatic rings. The molecule has 0 spiro atoms. The fourth-order valence-corrected chi connectivity index (χ4v) is 2.33. The molecule has 1 rings (SSSR count). The van der Waals surface area contributed by atoms with E-state index in [-0.39, 0.29) is 18.6 Å². The van der Waals surface area contributed by atoms with Gasteiger partial charge in [-0.25, -0.2) is 0 Å². The molecule has 1 unspecified atom stereocenters. The Bertz CT molecular complexity index is 326. The van der Waals surface area contributed by atoms with Crippen molar-refractivity contribution in [3.05, 3.63) is 21.3 Å². The molecular weight excluding hydrogens is 222 g/mol. The smallest absolute Gasteiger partial charge is 0.219 e. The number of carbonyl (C=O) groups is 1. The van der Waals surface area contributed by atoms with Gasteiger partial charge in [0.05, 0.1) is 17.0 Å². The first-order valence-corrected chi connectivity index (χ1v) is 5.35. The van der Waals surface area contributed by atoms with E-state index in [1.165, 1.54) is 23.2 Å². The van der Waals surface area contributed by atoms with Gasteiger partial charge in [-0.1, -0.05) is 11.6 Å². The van der Waals surface area contributed by atoms with Crippen molar-refractivity contribution in [3.8, 4) is 0 Å². The zero-order valence-electron chi connectivity index (χ0n) is 8.03. The summed E-state index contributed by atoms with van der Waals surface area (Å²) in [6, 6.07) is 3.30. The molecule has 1 heterocycles. The summed E-state index contributed by atoms with van der Waals surface area (Å²) in [5, 5.41) is 9.18. The van der Waals surface area contributed by atoms with Crippen LogP contribution in [0.3, 0.4) is 0 Å². The van der Waals surface area contributed by atoms with Gasteiger partial charge in [-0.05, 0) is 12.1 Å². The summed E-state index contributed by atoms with van der Waals surface area (Å²) >= 11 is 7.16. The van der Waals surface area contributed by atoms with Crippen LogP contribution >= 0.6 is 22.9 Å². The second kappa shape index (κ2) is 4.77. The molecule has 0 fully saturated rings. The third-order valence-corrected chi connectivity index (χ3v) is 3.39. The molecular formula is C9H12ClNO2S. The van der Waals surface area contributed by atoms with E-state index >= 15 is 0 Å². The summed E-state index contributed by atoms with van der Waals surface area (Å²) in [5.41, 5.74) is 0. The highest BCUT2D eigenvalue weighted by Gasteiger charge is 2.19. The number of thiophene rings is 1. The number of carbonyl (C=O) groups excluding carboxylic acids is 1. The molecule has 1 aromatic heterocycles. The number of halogens is 1. The predicted molar refractivity (Wildman–Crippen MR) is 57.6 cm³/mol. The minimum absolute atomic E-state index is 0.0754. The van der Waals surface area contributed by atoms with Crippen molar-refractivity contribution in [2.75, 3.05) is 13.7 Å². The van der Waals surface area contributed by atoms with E-state index in [9.17, 15) is 9.90 Å². The van der Waals surface area contributed by atoms with Crippen molar-refractivity contribution in [1.82, 2.24) is 4.90 Å². The molecule has 0 aliphatic heterocycles. The second-order valence-corrected chi connectivity index (χ2v) is 4.72. The zero-order valence-corrected chi connectivity index (χ0v) is 9.60. The van der Waals surface area contributed by atoms with Crippen molar-refractivity contribution in [2.24, 2.45) is 0 Å². The molecule has 1 atom stereocenters. The molecule has 1 amide bonds. The number of aliphatic hydroxyl groups is 1. The average Bonchev–Trinajstić information content (AvgIpc) is 2.53. The number of hydrogen-bond acceptors (Lipinski definition) is 3. The minimum atomic E-state index is -0.287. The van der Waals surface area contributed by atoms with Crippen LogP contribution in [-0.4, -0.2) is 29.6 Å². The fraction of sp³-hybridized carbons (Fsp3) is 0.444. The molecule has 0 aromatic carbocycles. The maximum Gasteiger partial charge on any atom is 0.219 e. The van der Waals surface area contributed by atoms with E-state index in [2.05, 4.69) is 0 Å². The van der Waals surface area contributed by atoms with Crippen molar-refractivity contribution < 1.29 is 9.90 Å². The number of nitrogens with zero attached hydrogens (tertiary/aromatic N) is 1. The summed E-state index contributed by atoms with van der Waals surface area (Å²) in [7, 11) is 1.66. The van der Waals surface area contributed by atoms with E-state index in [1.54, 1.807) is 13.1 Å². The van der Waals surface area contributed by atoms with Gasteiger partial charge < -0.3 is 10.0 Å². The lowest BCUT2D eigenvalue weighted by atomic mass is 10.2.